The van der Waals surface area contributed by atoms with E-state index in [1.165, 1.54) is 20.3 Å². The van der Waals surface area contributed by atoms with Gasteiger partial charge in [0.2, 0.25) is 0 Å². The van der Waals surface area contributed by atoms with Gasteiger partial charge in [-0.05, 0) is 17.2 Å². The van der Waals surface area contributed by atoms with E-state index in [-0.39, 0.29) is 22.1 Å². The molecule has 0 bridgehead atoms. The standard InChI is InChI=1S/C17H18ClNO4/c1-22-16-14(18)12(8-13(15(16)20)17(21)23-2)10-19-9-11-6-4-3-5-7-11/h3-8,19-20H,9-10H2,1-2H3. The van der Waals surface area contributed by atoms with Gasteiger partial charge in [-0.25, -0.2) is 4.79 Å². The molecule has 23 heavy (non-hydrogen) atoms. The van der Waals surface area contributed by atoms with Gasteiger partial charge in [-0.15, -0.1) is 0 Å². The van der Waals surface area contributed by atoms with E-state index >= 15 is 0 Å². The number of rotatable bonds is 6. The number of nitrogens with one attached hydrogen (secondary N) is 1. The third-order valence-electron chi connectivity index (χ3n) is 3.37. The lowest BCUT2D eigenvalue weighted by atomic mass is 10.1. The lowest BCUT2D eigenvalue weighted by Gasteiger charge is -2.14. The summed E-state index contributed by atoms with van der Waals surface area (Å²) >= 11 is 6.24. The SMILES string of the molecule is COC(=O)c1cc(CNCc2ccccc2)c(Cl)c(OC)c1O. The highest BCUT2D eigenvalue weighted by Crippen LogP contribution is 2.40. The molecular weight excluding hydrogens is 318 g/mol. The molecule has 0 aliphatic carbocycles. The highest BCUT2D eigenvalue weighted by molar-refractivity contribution is 6.33. The van der Waals surface area contributed by atoms with Crippen molar-refractivity contribution in [2.45, 2.75) is 13.1 Å². The van der Waals surface area contributed by atoms with Crippen LogP contribution in [0.2, 0.25) is 5.02 Å². The van der Waals surface area contributed by atoms with Crippen LogP contribution >= 0.6 is 11.6 Å². The zero-order valence-corrected chi connectivity index (χ0v) is 13.7. The number of aromatic hydroxyl groups is 1. The van der Waals surface area contributed by atoms with Crippen LogP contribution in [-0.4, -0.2) is 25.3 Å². The number of esters is 1. The van der Waals surface area contributed by atoms with Crippen molar-refractivity contribution in [1.82, 2.24) is 5.32 Å². The summed E-state index contributed by atoms with van der Waals surface area (Å²) in [6.07, 6.45) is 0. The molecule has 2 rings (SSSR count). The van der Waals surface area contributed by atoms with E-state index in [0.717, 1.165) is 5.56 Å². The Hall–Kier alpha value is -2.24. The topological polar surface area (TPSA) is 67.8 Å². The van der Waals surface area contributed by atoms with Crippen LogP contribution in [-0.2, 0) is 17.8 Å². The molecule has 0 amide bonds. The van der Waals surface area contributed by atoms with Crippen molar-refractivity contribution in [1.29, 1.82) is 0 Å². The van der Waals surface area contributed by atoms with Crippen molar-refractivity contribution < 1.29 is 19.4 Å². The Labute approximate surface area is 139 Å². The molecule has 0 spiro atoms. The van der Waals surface area contributed by atoms with E-state index in [0.29, 0.717) is 18.7 Å². The Balaban J connectivity index is 2.22. The number of phenolic OH excluding ortho intramolecular Hbond substituents is 1. The molecule has 2 aromatic carbocycles. The first-order valence-electron chi connectivity index (χ1n) is 6.99. The van der Waals surface area contributed by atoms with Gasteiger partial charge in [-0.2, -0.15) is 0 Å². The molecule has 122 valence electrons. The molecule has 0 aliphatic heterocycles. The summed E-state index contributed by atoms with van der Waals surface area (Å²) in [4.78, 5) is 11.8. The Morgan fingerprint density at radius 3 is 2.52 bits per heavy atom. The van der Waals surface area contributed by atoms with Crippen LogP contribution in [0.5, 0.6) is 11.5 Å². The Bertz CT molecular complexity index is 689. The van der Waals surface area contributed by atoms with Gasteiger partial charge >= 0.3 is 5.97 Å². The second kappa shape index (κ2) is 7.85. The van der Waals surface area contributed by atoms with Gasteiger partial charge < -0.3 is 19.9 Å². The molecule has 0 radical (unpaired) electrons. The van der Waals surface area contributed by atoms with Crippen LogP contribution in [0, 0.1) is 0 Å². The van der Waals surface area contributed by atoms with Crippen LogP contribution in [0.3, 0.4) is 0 Å². The van der Waals surface area contributed by atoms with E-state index < -0.39 is 5.97 Å². The van der Waals surface area contributed by atoms with Gasteiger partial charge in [0.15, 0.2) is 11.5 Å². The average Bonchev–Trinajstić information content (AvgIpc) is 2.57. The van der Waals surface area contributed by atoms with Crippen molar-refractivity contribution in [2.75, 3.05) is 14.2 Å². The molecule has 0 aliphatic rings. The maximum atomic E-state index is 11.8. The third-order valence-corrected chi connectivity index (χ3v) is 3.78. The lowest BCUT2D eigenvalue weighted by molar-refractivity contribution is 0.0596. The Morgan fingerprint density at radius 2 is 1.91 bits per heavy atom. The van der Waals surface area contributed by atoms with Crippen molar-refractivity contribution in [2.24, 2.45) is 0 Å². The lowest BCUT2D eigenvalue weighted by Crippen LogP contribution is -2.14. The maximum absolute atomic E-state index is 11.8. The minimum Gasteiger partial charge on any atom is -0.504 e. The summed E-state index contributed by atoms with van der Waals surface area (Å²) in [6.45, 7) is 1.06. The van der Waals surface area contributed by atoms with Gasteiger partial charge in [-0.1, -0.05) is 41.9 Å². The Kier molecular flexibility index (Phi) is 5.84. The number of carbonyl (C=O) groups is 1. The fourth-order valence-electron chi connectivity index (χ4n) is 2.20. The summed E-state index contributed by atoms with van der Waals surface area (Å²) in [7, 11) is 2.62. The first-order chi connectivity index (χ1) is 11.1. The van der Waals surface area contributed by atoms with Crippen LogP contribution in [0.4, 0.5) is 0 Å². The normalized spacial score (nSPS) is 10.4. The summed E-state index contributed by atoms with van der Waals surface area (Å²) in [5, 5.41) is 13.6. The second-order valence-electron chi connectivity index (χ2n) is 4.86. The maximum Gasteiger partial charge on any atom is 0.341 e. The Morgan fingerprint density at radius 1 is 1.22 bits per heavy atom. The first-order valence-corrected chi connectivity index (χ1v) is 7.37. The number of hydrogen-bond donors (Lipinski definition) is 2. The fourth-order valence-corrected chi connectivity index (χ4v) is 2.48. The minimum atomic E-state index is -0.651. The zero-order chi connectivity index (χ0) is 16.8. The average molecular weight is 336 g/mol. The van der Waals surface area contributed by atoms with E-state index in [1.54, 1.807) is 0 Å². The molecule has 0 aromatic heterocycles. The molecule has 2 aromatic rings. The molecule has 5 nitrogen and oxygen atoms in total. The molecular formula is C17H18ClNO4. The largest absolute Gasteiger partial charge is 0.504 e. The highest BCUT2D eigenvalue weighted by Gasteiger charge is 2.21. The summed E-state index contributed by atoms with van der Waals surface area (Å²) in [6, 6.07) is 11.4. The predicted molar refractivity (Wildman–Crippen MR) is 88.0 cm³/mol. The van der Waals surface area contributed by atoms with Gasteiger partial charge in [0.25, 0.3) is 0 Å². The number of carbonyl (C=O) groups excluding carboxylic acids is 1. The molecule has 0 atom stereocenters. The van der Waals surface area contributed by atoms with Crippen molar-refractivity contribution in [3.05, 3.63) is 58.1 Å². The third kappa shape index (κ3) is 3.94. The quantitative estimate of drug-likeness (QED) is 0.794. The van der Waals surface area contributed by atoms with Crippen molar-refractivity contribution in [3.8, 4) is 11.5 Å². The van der Waals surface area contributed by atoms with Gasteiger partial charge in [-0.3, -0.25) is 0 Å². The summed E-state index contributed by atoms with van der Waals surface area (Å²) in [5.74, 6) is -0.913. The molecule has 6 heteroatoms. The van der Waals surface area contributed by atoms with Crippen LogP contribution in [0.1, 0.15) is 21.5 Å². The smallest absolute Gasteiger partial charge is 0.341 e. The highest BCUT2D eigenvalue weighted by atomic mass is 35.5. The number of methoxy groups -OCH3 is 2. The first kappa shape index (κ1) is 17.1. The van der Waals surface area contributed by atoms with Crippen molar-refractivity contribution >= 4 is 17.6 Å². The monoisotopic (exact) mass is 335 g/mol. The molecule has 0 heterocycles. The number of hydrogen-bond acceptors (Lipinski definition) is 5. The van der Waals surface area contributed by atoms with Gasteiger partial charge in [0.05, 0.1) is 19.2 Å². The van der Waals surface area contributed by atoms with Gasteiger partial charge in [0.1, 0.15) is 5.56 Å². The van der Waals surface area contributed by atoms with E-state index in [1.807, 2.05) is 30.3 Å². The predicted octanol–water partition coefficient (Wildman–Crippen LogP) is 3.13. The molecule has 0 saturated heterocycles. The summed E-state index contributed by atoms with van der Waals surface area (Å²) < 4.78 is 9.77. The van der Waals surface area contributed by atoms with Gasteiger partial charge in [0, 0.05) is 13.1 Å². The van der Waals surface area contributed by atoms with Crippen molar-refractivity contribution in [3.63, 3.8) is 0 Å². The number of halogens is 1. The number of benzene rings is 2. The van der Waals surface area contributed by atoms with E-state index in [9.17, 15) is 9.90 Å². The molecule has 2 N–H and O–H groups in total. The van der Waals surface area contributed by atoms with E-state index in [2.05, 4.69) is 10.1 Å². The second-order valence-corrected chi connectivity index (χ2v) is 5.24. The molecule has 0 unspecified atom stereocenters. The number of ether oxygens (including phenoxy) is 2. The van der Waals surface area contributed by atoms with Crippen LogP contribution < -0.4 is 10.1 Å². The van der Waals surface area contributed by atoms with E-state index in [4.69, 9.17) is 16.3 Å². The minimum absolute atomic E-state index is 0.0188. The summed E-state index contributed by atoms with van der Waals surface area (Å²) in [5.41, 5.74) is 1.78. The van der Waals surface area contributed by atoms with Crippen LogP contribution in [0.15, 0.2) is 36.4 Å². The molecule has 0 fully saturated rings. The number of phenols is 1. The fraction of sp³-hybridized carbons (Fsp3) is 0.235. The van der Waals surface area contributed by atoms with Crippen LogP contribution in [0.25, 0.3) is 0 Å². The zero-order valence-electron chi connectivity index (χ0n) is 12.9. The molecule has 0 saturated carbocycles.